The number of β-lactam (4-membered cyclic amide) rings is 1. The van der Waals surface area contributed by atoms with E-state index in [4.69, 9.17) is 0 Å². The van der Waals surface area contributed by atoms with Crippen LogP contribution in [0, 0.1) is 11.2 Å². The van der Waals surface area contributed by atoms with Crippen molar-refractivity contribution < 1.29 is 14.0 Å². The van der Waals surface area contributed by atoms with Crippen molar-refractivity contribution in [3.63, 3.8) is 0 Å². The number of carbonyl (C=O) groups excluding carboxylic acids is 2. The lowest BCUT2D eigenvalue weighted by Gasteiger charge is -2.59. The van der Waals surface area contributed by atoms with E-state index in [1.165, 1.54) is 12.1 Å². The van der Waals surface area contributed by atoms with Gasteiger partial charge in [-0.2, -0.15) is 0 Å². The van der Waals surface area contributed by atoms with E-state index in [2.05, 4.69) is 0 Å². The zero-order valence-electron chi connectivity index (χ0n) is 17.4. The van der Waals surface area contributed by atoms with Crippen molar-refractivity contribution >= 4 is 17.5 Å². The fourth-order valence-electron chi connectivity index (χ4n) is 5.09. The highest BCUT2D eigenvalue weighted by molar-refractivity contribution is 6.06. The molecular formula is C25H24FN3O2. The number of hydrogen-bond acceptors (Lipinski definition) is 2. The first-order valence-electron chi connectivity index (χ1n) is 10.6. The third-order valence-corrected chi connectivity index (χ3v) is 6.73. The number of piperidine rings is 1. The van der Waals surface area contributed by atoms with Crippen LogP contribution < -0.4 is 4.90 Å². The zero-order chi connectivity index (χ0) is 21.6. The Morgan fingerprint density at radius 1 is 1.00 bits per heavy atom. The SMILES string of the molecule is Cn1cccc1C(=O)N1CCC2(CC1)C(=O)N(c1cccc(F)c1)C2c1ccccc1. The average Bonchev–Trinajstić information content (AvgIpc) is 3.23. The van der Waals surface area contributed by atoms with Crippen LogP contribution in [0.5, 0.6) is 0 Å². The van der Waals surface area contributed by atoms with E-state index in [9.17, 15) is 14.0 Å². The molecule has 158 valence electrons. The Kier molecular flexibility index (Phi) is 4.65. The summed E-state index contributed by atoms with van der Waals surface area (Å²) < 4.78 is 15.7. The monoisotopic (exact) mass is 417 g/mol. The summed E-state index contributed by atoms with van der Waals surface area (Å²) in [5, 5.41) is 0. The maximum absolute atomic E-state index is 13.9. The van der Waals surface area contributed by atoms with Crippen LogP contribution in [0.25, 0.3) is 0 Å². The minimum atomic E-state index is -0.571. The summed E-state index contributed by atoms with van der Waals surface area (Å²) in [5.41, 5.74) is 1.69. The summed E-state index contributed by atoms with van der Waals surface area (Å²) in [6.07, 6.45) is 3.04. The first-order valence-corrected chi connectivity index (χ1v) is 10.6. The Balaban J connectivity index is 1.44. The lowest BCUT2D eigenvalue weighted by Crippen LogP contribution is -2.67. The van der Waals surface area contributed by atoms with Crippen LogP contribution in [0.2, 0.25) is 0 Å². The molecule has 1 aromatic heterocycles. The molecule has 2 fully saturated rings. The number of likely N-dealkylation sites (tertiary alicyclic amines) is 1. The Hall–Kier alpha value is -3.41. The van der Waals surface area contributed by atoms with Crippen LogP contribution in [0.15, 0.2) is 72.9 Å². The van der Waals surface area contributed by atoms with Crippen LogP contribution in [-0.4, -0.2) is 34.4 Å². The quantitative estimate of drug-likeness (QED) is 0.601. The molecule has 2 saturated heterocycles. The second-order valence-corrected chi connectivity index (χ2v) is 8.42. The molecule has 1 atom stereocenters. The molecule has 0 radical (unpaired) electrons. The molecule has 0 saturated carbocycles. The molecule has 31 heavy (non-hydrogen) atoms. The number of nitrogens with zero attached hydrogens (tertiary/aromatic N) is 3. The van der Waals surface area contributed by atoms with Crippen molar-refractivity contribution in [1.82, 2.24) is 9.47 Å². The molecule has 5 rings (SSSR count). The third-order valence-electron chi connectivity index (χ3n) is 6.73. The topological polar surface area (TPSA) is 45.6 Å². The highest BCUT2D eigenvalue weighted by Crippen LogP contribution is 2.57. The zero-order valence-corrected chi connectivity index (χ0v) is 17.4. The van der Waals surface area contributed by atoms with Gasteiger partial charge in [-0.1, -0.05) is 36.4 Å². The molecule has 3 aromatic rings. The van der Waals surface area contributed by atoms with Gasteiger partial charge >= 0.3 is 0 Å². The Labute approximate surface area is 180 Å². The lowest BCUT2D eigenvalue weighted by molar-refractivity contribution is -0.144. The van der Waals surface area contributed by atoms with Gasteiger partial charge in [0.15, 0.2) is 0 Å². The van der Waals surface area contributed by atoms with Gasteiger partial charge in [-0.05, 0) is 48.7 Å². The summed E-state index contributed by atoms with van der Waals surface area (Å²) >= 11 is 0. The van der Waals surface area contributed by atoms with Crippen LogP contribution in [0.3, 0.4) is 0 Å². The molecule has 1 spiro atoms. The lowest BCUT2D eigenvalue weighted by atomic mass is 9.62. The predicted molar refractivity (Wildman–Crippen MR) is 116 cm³/mol. The highest BCUT2D eigenvalue weighted by Gasteiger charge is 2.62. The number of aromatic nitrogens is 1. The average molecular weight is 417 g/mol. The van der Waals surface area contributed by atoms with E-state index >= 15 is 0 Å². The van der Waals surface area contributed by atoms with Gasteiger partial charge in [-0.25, -0.2) is 4.39 Å². The normalized spacial score (nSPS) is 20.1. The van der Waals surface area contributed by atoms with Crippen molar-refractivity contribution in [2.75, 3.05) is 18.0 Å². The van der Waals surface area contributed by atoms with Crippen LogP contribution in [0.4, 0.5) is 10.1 Å². The number of hydrogen-bond donors (Lipinski definition) is 0. The Morgan fingerprint density at radius 3 is 2.39 bits per heavy atom. The number of aryl methyl sites for hydroxylation is 1. The molecule has 1 unspecified atom stereocenters. The van der Waals surface area contributed by atoms with Gasteiger partial charge < -0.3 is 14.4 Å². The molecule has 2 aromatic carbocycles. The second kappa shape index (κ2) is 7.38. The second-order valence-electron chi connectivity index (χ2n) is 8.42. The van der Waals surface area contributed by atoms with Crippen molar-refractivity contribution in [3.05, 3.63) is 90.0 Å². The molecule has 2 aliphatic heterocycles. The van der Waals surface area contributed by atoms with Crippen LogP contribution >= 0.6 is 0 Å². The van der Waals surface area contributed by atoms with Crippen LogP contribution in [0.1, 0.15) is 34.9 Å². The molecule has 6 heteroatoms. The molecule has 3 heterocycles. The number of anilines is 1. The first-order chi connectivity index (χ1) is 15.0. The maximum atomic E-state index is 13.9. The minimum Gasteiger partial charge on any atom is -0.347 e. The maximum Gasteiger partial charge on any atom is 0.270 e. The van der Waals surface area contributed by atoms with E-state index < -0.39 is 5.41 Å². The van der Waals surface area contributed by atoms with Crippen molar-refractivity contribution in [3.8, 4) is 0 Å². The van der Waals surface area contributed by atoms with Gasteiger partial charge in [0, 0.05) is 32.0 Å². The Bertz CT molecular complexity index is 1130. The third kappa shape index (κ3) is 3.05. The summed E-state index contributed by atoms with van der Waals surface area (Å²) in [6, 6.07) is 19.6. The fraction of sp³-hybridized carbons (Fsp3) is 0.280. The minimum absolute atomic E-state index is 0.00706. The van der Waals surface area contributed by atoms with Gasteiger partial charge in [0.2, 0.25) is 5.91 Å². The number of amides is 2. The predicted octanol–water partition coefficient (Wildman–Crippen LogP) is 4.17. The van der Waals surface area contributed by atoms with Gasteiger partial charge in [0.25, 0.3) is 5.91 Å². The number of benzene rings is 2. The van der Waals surface area contributed by atoms with Gasteiger partial charge in [-0.15, -0.1) is 0 Å². The molecule has 0 N–H and O–H groups in total. The summed E-state index contributed by atoms with van der Waals surface area (Å²) in [7, 11) is 1.86. The summed E-state index contributed by atoms with van der Waals surface area (Å²) in [4.78, 5) is 30.0. The van der Waals surface area contributed by atoms with E-state index in [1.54, 1.807) is 17.0 Å². The smallest absolute Gasteiger partial charge is 0.270 e. The fourth-order valence-corrected chi connectivity index (χ4v) is 5.09. The summed E-state index contributed by atoms with van der Waals surface area (Å²) in [6.45, 7) is 1.05. The van der Waals surface area contributed by atoms with Gasteiger partial charge in [-0.3, -0.25) is 9.59 Å². The highest BCUT2D eigenvalue weighted by atomic mass is 19.1. The number of carbonyl (C=O) groups is 2. The first kappa shape index (κ1) is 19.5. The Morgan fingerprint density at radius 2 is 1.74 bits per heavy atom. The molecule has 0 bridgehead atoms. The van der Waals surface area contributed by atoms with Crippen molar-refractivity contribution in [2.45, 2.75) is 18.9 Å². The standard InChI is InChI=1S/C25H24FN3O2/c1-27-14-6-11-21(27)23(30)28-15-12-25(13-16-28)22(18-7-3-2-4-8-18)29(24(25)31)20-10-5-9-19(26)17-20/h2-11,14,17,22H,12-13,15-16H2,1H3. The summed E-state index contributed by atoms with van der Waals surface area (Å²) in [5.74, 6) is -0.355. The van der Waals surface area contributed by atoms with Gasteiger partial charge in [0.1, 0.15) is 11.5 Å². The van der Waals surface area contributed by atoms with Crippen molar-refractivity contribution in [2.24, 2.45) is 12.5 Å². The molecule has 2 amide bonds. The van der Waals surface area contributed by atoms with E-state index in [-0.39, 0.29) is 23.7 Å². The largest absolute Gasteiger partial charge is 0.347 e. The molecule has 5 nitrogen and oxygen atoms in total. The van der Waals surface area contributed by atoms with E-state index in [1.807, 2.05) is 65.2 Å². The number of rotatable bonds is 3. The van der Waals surface area contributed by atoms with Gasteiger partial charge in [0.05, 0.1) is 11.5 Å². The van der Waals surface area contributed by atoms with E-state index in [0.717, 1.165) is 5.56 Å². The molecular weight excluding hydrogens is 393 g/mol. The van der Waals surface area contributed by atoms with Crippen LogP contribution in [-0.2, 0) is 11.8 Å². The molecule has 2 aliphatic rings. The van der Waals surface area contributed by atoms with E-state index in [0.29, 0.717) is 37.3 Å². The number of halogens is 1. The molecule has 0 aliphatic carbocycles. The van der Waals surface area contributed by atoms with Crippen molar-refractivity contribution in [1.29, 1.82) is 0 Å².